The summed E-state index contributed by atoms with van der Waals surface area (Å²) in [5, 5.41) is 13.4. The van der Waals surface area contributed by atoms with E-state index in [0.717, 1.165) is 24.3 Å². The molecule has 0 unspecified atom stereocenters. The molecule has 0 aliphatic heterocycles. The Bertz CT molecular complexity index is 1140. The van der Waals surface area contributed by atoms with E-state index in [-0.39, 0.29) is 22.0 Å². The number of rotatable bonds is 6. The Morgan fingerprint density at radius 1 is 1.00 bits per heavy atom. The third-order valence-corrected chi connectivity index (χ3v) is 4.98. The highest BCUT2D eigenvalue weighted by Crippen LogP contribution is 2.19. The number of benzene rings is 3. The molecule has 3 aromatic rings. The van der Waals surface area contributed by atoms with Crippen molar-refractivity contribution in [1.82, 2.24) is 5.43 Å². The summed E-state index contributed by atoms with van der Waals surface area (Å²) < 4.78 is 42.3. The molecule has 2 N–H and O–H groups in total. The molecule has 0 saturated heterocycles. The quantitative estimate of drug-likeness (QED) is 0.366. The maximum atomic E-state index is 12.9. The van der Waals surface area contributed by atoms with Crippen LogP contribution in [0.3, 0.4) is 0 Å². The average Bonchev–Trinajstić information content (AvgIpc) is 2.69. The van der Waals surface area contributed by atoms with Gasteiger partial charge in [0.1, 0.15) is 22.2 Å². The van der Waals surface area contributed by atoms with Gasteiger partial charge in [0.15, 0.2) is 0 Å². The minimum atomic E-state index is -4.09. The Kier molecular flexibility index (Phi) is 5.89. The normalized spacial score (nSPS) is 11.3. The largest absolute Gasteiger partial charge is 0.507 e. The van der Waals surface area contributed by atoms with Crippen LogP contribution in [-0.2, 0) is 10.1 Å². The number of hydrogen-bond acceptors (Lipinski definition) is 6. The van der Waals surface area contributed by atoms with Crippen molar-refractivity contribution in [3.63, 3.8) is 0 Å². The fourth-order valence-corrected chi connectivity index (χ4v) is 3.21. The summed E-state index contributed by atoms with van der Waals surface area (Å²) in [6, 6.07) is 16.2. The first-order valence-corrected chi connectivity index (χ1v) is 9.67. The van der Waals surface area contributed by atoms with E-state index < -0.39 is 21.8 Å². The van der Waals surface area contributed by atoms with Crippen molar-refractivity contribution in [2.24, 2.45) is 5.10 Å². The Morgan fingerprint density at radius 3 is 2.31 bits per heavy atom. The van der Waals surface area contributed by atoms with Gasteiger partial charge in [-0.25, -0.2) is 9.82 Å². The Hall–Kier alpha value is -3.72. The van der Waals surface area contributed by atoms with Crippen LogP contribution >= 0.6 is 0 Å². The first-order chi connectivity index (χ1) is 13.8. The van der Waals surface area contributed by atoms with Crippen LogP contribution in [0.4, 0.5) is 4.39 Å². The number of hydrazone groups is 1. The molecular formula is C20H15FN2O5S. The van der Waals surface area contributed by atoms with Gasteiger partial charge in [-0.05, 0) is 66.2 Å². The molecule has 148 valence electrons. The zero-order valence-electron chi connectivity index (χ0n) is 14.8. The number of phenolic OH excluding ortho intramolecular Hbond substituents is 1. The molecule has 3 aromatic carbocycles. The number of halogens is 1. The minimum absolute atomic E-state index is 0.0599. The summed E-state index contributed by atoms with van der Waals surface area (Å²) in [6.07, 6.45) is 1.34. The smallest absolute Gasteiger partial charge is 0.339 e. The molecule has 9 heteroatoms. The summed E-state index contributed by atoms with van der Waals surface area (Å²) >= 11 is 0. The van der Waals surface area contributed by atoms with Gasteiger partial charge in [0.25, 0.3) is 5.91 Å². The molecule has 0 aliphatic carbocycles. The lowest BCUT2D eigenvalue weighted by molar-refractivity contribution is 0.0952. The zero-order valence-corrected chi connectivity index (χ0v) is 15.6. The highest BCUT2D eigenvalue weighted by atomic mass is 32.2. The standard InChI is InChI=1S/C20H15FN2O5S/c21-15-7-11-17(12-8-15)29(26,27)28-16-9-5-14(6-10-16)13-22-23-20(25)18-3-1-2-4-19(18)24/h1-13,24H,(H,23,25)/b22-13-. The highest BCUT2D eigenvalue weighted by Gasteiger charge is 2.16. The summed E-state index contributed by atoms with van der Waals surface area (Å²) in [6.45, 7) is 0. The molecular weight excluding hydrogens is 399 g/mol. The lowest BCUT2D eigenvalue weighted by atomic mass is 10.2. The van der Waals surface area contributed by atoms with Crippen molar-refractivity contribution in [3.05, 3.63) is 89.7 Å². The van der Waals surface area contributed by atoms with E-state index in [9.17, 15) is 22.7 Å². The Balaban J connectivity index is 1.63. The van der Waals surface area contributed by atoms with Gasteiger partial charge in [-0.15, -0.1) is 0 Å². The van der Waals surface area contributed by atoms with E-state index >= 15 is 0 Å². The third kappa shape index (κ3) is 5.17. The van der Waals surface area contributed by atoms with Crippen LogP contribution in [0.1, 0.15) is 15.9 Å². The molecule has 0 aromatic heterocycles. The second kappa shape index (κ2) is 8.53. The molecule has 0 heterocycles. The summed E-state index contributed by atoms with van der Waals surface area (Å²) in [5.41, 5.74) is 2.93. The van der Waals surface area contributed by atoms with Gasteiger partial charge in [-0.3, -0.25) is 4.79 Å². The molecule has 0 aliphatic rings. The van der Waals surface area contributed by atoms with Crippen molar-refractivity contribution in [2.45, 2.75) is 4.90 Å². The van der Waals surface area contributed by atoms with Crippen LogP contribution in [0.15, 0.2) is 82.8 Å². The van der Waals surface area contributed by atoms with Gasteiger partial charge in [0.2, 0.25) is 0 Å². The predicted octanol–water partition coefficient (Wildman–Crippen LogP) is 3.06. The number of phenols is 1. The fraction of sp³-hybridized carbons (Fsp3) is 0. The van der Waals surface area contributed by atoms with Crippen LogP contribution in [0, 0.1) is 5.82 Å². The molecule has 0 bridgehead atoms. The zero-order chi connectivity index (χ0) is 20.9. The SMILES string of the molecule is O=C(N/N=C\c1ccc(OS(=O)(=O)c2ccc(F)cc2)cc1)c1ccccc1O. The molecule has 3 rings (SSSR count). The van der Waals surface area contributed by atoms with Gasteiger partial charge in [-0.1, -0.05) is 12.1 Å². The fourth-order valence-electron chi connectivity index (χ4n) is 2.28. The van der Waals surface area contributed by atoms with E-state index in [1.165, 1.54) is 42.6 Å². The van der Waals surface area contributed by atoms with E-state index in [1.54, 1.807) is 12.1 Å². The molecule has 1 amide bonds. The average molecular weight is 414 g/mol. The first-order valence-electron chi connectivity index (χ1n) is 8.27. The number of hydrogen-bond donors (Lipinski definition) is 2. The van der Waals surface area contributed by atoms with Crippen molar-refractivity contribution < 1.29 is 26.9 Å². The van der Waals surface area contributed by atoms with Crippen LogP contribution in [0.25, 0.3) is 0 Å². The van der Waals surface area contributed by atoms with Gasteiger partial charge in [0.05, 0.1) is 11.8 Å². The number of amides is 1. The van der Waals surface area contributed by atoms with Gasteiger partial charge in [0, 0.05) is 0 Å². The number of nitrogens with zero attached hydrogens (tertiary/aromatic N) is 1. The summed E-state index contributed by atoms with van der Waals surface area (Å²) in [7, 11) is -4.09. The molecule has 0 spiro atoms. The Morgan fingerprint density at radius 2 is 1.66 bits per heavy atom. The van der Waals surface area contributed by atoms with Crippen molar-refractivity contribution >= 4 is 22.2 Å². The molecule has 0 fully saturated rings. The van der Waals surface area contributed by atoms with Crippen LogP contribution in [-0.4, -0.2) is 25.6 Å². The third-order valence-electron chi connectivity index (χ3n) is 3.72. The van der Waals surface area contributed by atoms with Gasteiger partial charge >= 0.3 is 10.1 Å². The maximum Gasteiger partial charge on any atom is 0.339 e. The molecule has 0 radical (unpaired) electrons. The monoisotopic (exact) mass is 414 g/mol. The summed E-state index contributed by atoms with van der Waals surface area (Å²) in [5.74, 6) is -1.24. The first kappa shape index (κ1) is 20.0. The second-order valence-corrected chi connectivity index (χ2v) is 7.32. The number of aromatic hydroxyl groups is 1. The lowest BCUT2D eigenvalue weighted by Gasteiger charge is -2.07. The van der Waals surface area contributed by atoms with Gasteiger partial charge in [-0.2, -0.15) is 13.5 Å². The molecule has 29 heavy (non-hydrogen) atoms. The van der Waals surface area contributed by atoms with E-state index in [1.807, 2.05) is 0 Å². The molecule has 0 atom stereocenters. The highest BCUT2D eigenvalue weighted by molar-refractivity contribution is 7.87. The maximum absolute atomic E-state index is 12.9. The van der Waals surface area contributed by atoms with Crippen molar-refractivity contribution in [2.75, 3.05) is 0 Å². The summed E-state index contributed by atoms with van der Waals surface area (Å²) in [4.78, 5) is 11.8. The number of carbonyl (C=O) groups excluding carboxylic acids is 1. The topological polar surface area (TPSA) is 105 Å². The van der Waals surface area contributed by atoms with Gasteiger partial charge < -0.3 is 9.29 Å². The van der Waals surface area contributed by atoms with Crippen LogP contribution in [0.2, 0.25) is 0 Å². The lowest BCUT2D eigenvalue weighted by Crippen LogP contribution is -2.17. The van der Waals surface area contributed by atoms with Crippen molar-refractivity contribution in [1.29, 1.82) is 0 Å². The number of para-hydroxylation sites is 1. The number of nitrogens with one attached hydrogen (secondary N) is 1. The minimum Gasteiger partial charge on any atom is -0.507 e. The van der Waals surface area contributed by atoms with E-state index in [4.69, 9.17) is 4.18 Å². The van der Waals surface area contributed by atoms with E-state index in [0.29, 0.717) is 5.56 Å². The number of carbonyl (C=O) groups is 1. The predicted molar refractivity (Wildman–Crippen MR) is 104 cm³/mol. The molecule has 7 nitrogen and oxygen atoms in total. The van der Waals surface area contributed by atoms with Crippen molar-refractivity contribution in [3.8, 4) is 11.5 Å². The van der Waals surface area contributed by atoms with Crippen LogP contribution < -0.4 is 9.61 Å². The molecule has 0 saturated carbocycles. The van der Waals surface area contributed by atoms with E-state index in [2.05, 4.69) is 10.5 Å². The Labute approximate surface area is 166 Å². The second-order valence-electron chi connectivity index (χ2n) is 5.78. The van der Waals surface area contributed by atoms with Crippen LogP contribution in [0.5, 0.6) is 11.5 Å².